The molecular formula is C9H10N4S. The van der Waals surface area contributed by atoms with E-state index in [-0.39, 0.29) is 6.04 Å². The molecule has 72 valence electrons. The van der Waals surface area contributed by atoms with E-state index in [1.807, 2.05) is 18.3 Å². The Morgan fingerprint density at radius 2 is 2.36 bits per heavy atom. The summed E-state index contributed by atoms with van der Waals surface area (Å²) in [7, 11) is 0. The van der Waals surface area contributed by atoms with Crippen LogP contribution in [0.3, 0.4) is 0 Å². The van der Waals surface area contributed by atoms with Crippen molar-refractivity contribution in [2.24, 2.45) is 5.73 Å². The molecular weight excluding hydrogens is 196 g/mol. The largest absolute Gasteiger partial charge is 0.323 e. The number of aromatic nitrogens is 3. The highest BCUT2D eigenvalue weighted by Crippen LogP contribution is 2.16. The minimum absolute atomic E-state index is 0.0285. The van der Waals surface area contributed by atoms with E-state index >= 15 is 0 Å². The lowest BCUT2D eigenvalue weighted by molar-refractivity contribution is 0.732. The molecule has 2 aromatic heterocycles. The second-order valence-corrected chi connectivity index (χ2v) is 3.81. The summed E-state index contributed by atoms with van der Waals surface area (Å²) < 4.78 is 3.78. The minimum atomic E-state index is -0.0285. The highest BCUT2D eigenvalue weighted by Gasteiger charge is 2.09. The molecule has 0 amide bonds. The summed E-state index contributed by atoms with van der Waals surface area (Å²) in [4.78, 5) is 5.04. The van der Waals surface area contributed by atoms with E-state index in [1.54, 1.807) is 12.4 Å². The smallest absolute Gasteiger partial charge is 0.0669 e. The van der Waals surface area contributed by atoms with Gasteiger partial charge in [-0.1, -0.05) is 10.6 Å². The molecule has 5 heteroatoms. The van der Waals surface area contributed by atoms with Gasteiger partial charge in [0.1, 0.15) is 0 Å². The van der Waals surface area contributed by atoms with Crippen molar-refractivity contribution in [3.8, 4) is 0 Å². The molecule has 0 aliphatic rings. The van der Waals surface area contributed by atoms with Gasteiger partial charge in [-0.2, -0.15) is 0 Å². The zero-order chi connectivity index (χ0) is 9.80. The maximum atomic E-state index is 5.97. The minimum Gasteiger partial charge on any atom is -0.323 e. The van der Waals surface area contributed by atoms with Crippen LogP contribution in [-0.2, 0) is 6.42 Å². The zero-order valence-electron chi connectivity index (χ0n) is 7.50. The topological polar surface area (TPSA) is 64.7 Å². The van der Waals surface area contributed by atoms with Gasteiger partial charge in [-0.05, 0) is 29.6 Å². The van der Waals surface area contributed by atoms with Crippen LogP contribution in [0.2, 0.25) is 0 Å². The van der Waals surface area contributed by atoms with Crippen molar-refractivity contribution < 1.29 is 0 Å². The Hall–Kier alpha value is -1.33. The number of nitrogens with zero attached hydrogens (tertiary/aromatic N) is 3. The first-order valence-corrected chi connectivity index (χ1v) is 5.05. The van der Waals surface area contributed by atoms with Crippen molar-refractivity contribution in [3.05, 3.63) is 41.2 Å². The maximum absolute atomic E-state index is 5.97. The maximum Gasteiger partial charge on any atom is 0.0669 e. The lowest BCUT2D eigenvalue weighted by Crippen LogP contribution is -2.11. The standard InChI is InChI=1S/C9H10N4S/c10-8(9-6-12-13-14-9)4-7-2-1-3-11-5-7/h1-3,5-6,8H,4,10H2. The van der Waals surface area contributed by atoms with Crippen molar-refractivity contribution in [1.29, 1.82) is 0 Å². The predicted molar refractivity (Wildman–Crippen MR) is 54.8 cm³/mol. The average molecular weight is 206 g/mol. The first-order valence-electron chi connectivity index (χ1n) is 4.28. The number of hydrogen-bond donors (Lipinski definition) is 1. The van der Waals surface area contributed by atoms with Gasteiger partial charge < -0.3 is 5.73 Å². The van der Waals surface area contributed by atoms with Gasteiger partial charge in [0.05, 0.1) is 11.1 Å². The molecule has 0 aliphatic heterocycles. The normalized spacial score (nSPS) is 12.6. The molecule has 4 nitrogen and oxygen atoms in total. The molecule has 0 spiro atoms. The molecule has 14 heavy (non-hydrogen) atoms. The molecule has 0 bridgehead atoms. The summed E-state index contributed by atoms with van der Waals surface area (Å²) in [5, 5.41) is 3.76. The molecule has 2 aromatic rings. The van der Waals surface area contributed by atoms with E-state index in [2.05, 4.69) is 14.6 Å². The van der Waals surface area contributed by atoms with Gasteiger partial charge in [-0.15, -0.1) is 5.10 Å². The molecule has 0 fully saturated rings. The predicted octanol–water partition coefficient (Wildman–Crippen LogP) is 1.18. The summed E-state index contributed by atoms with van der Waals surface area (Å²) in [6.45, 7) is 0. The Balaban J connectivity index is 2.06. The zero-order valence-corrected chi connectivity index (χ0v) is 8.31. The Labute approximate surface area is 86.0 Å². The first kappa shape index (κ1) is 9.23. The molecule has 1 atom stereocenters. The van der Waals surface area contributed by atoms with E-state index in [1.165, 1.54) is 11.5 Å². The highest BCUT2D eigenvalue weighted by molar-refractivity contribution is 7.05. The van der Waals surface area contributed by atoms with Crippen LogP contribution in [0.15, 0.2) is 30.7 Å². The van der Waals surface area contributed by atoms with Crippen molar-refractivity contribution in [2.45, 2.75) is 12.5 Å². The summed E-state index contributed by atoms with van der Waals surface area (Å²) in [6, 6.07) is 3.90. The third kappa shape index (κ3) is 2.12. The summed E-state index contributed by atoms with van der Waals surface area (Å²) in [5.74, 6) is 0. The van der Waals surface area contributed by atoms with Crippen LogP contribution in [0.1, 0.15) is 16.5 Å². The second-order valence-electron chi connectivity index (χ2n) is 2.99. The summed E-state index contributed by atoms with van der Waals surface area (Å²) >= 11 is 1.34. The van der Waals surface area contributed by atoms with Crippen LogP contribution in [-0.4, -0.2) is 14.6 Å². The van der Waals surface area contributed by atoms with E-state index in [4.69, 9.17) is 5.73 Å². The van der Waals surface area contributed by atoms with Crippen LogP contribution >= 0.6 is 11.5 Å². The number of pyridine rings is 1. The lowest BCUT2D eigenvalue weighted by atomic mass is 10.1. The third-order valence-corrected chi connectivity index (χ3v) is 2.72. The van der Waals surface area contributed by atoms with Crippen LogP contribution in [0, 0.1) is 0 Å². The monoisotopic (exact) mass is 206 g/mol. The van der Waals surface area contributed by atoms with Gasteiger partial charge in [0.2, 0.25) is 0 Å². The fourth-order valence-corrected chi connectivity index (χ4v) is 1.71. The van der Waals surface area contributed by atoms with E-state index in [0.29, 0.717) is 0 Å². The third-order valence-electron chi connectivity index (χ3n) is 1.92. The number of hydrogen-bond acceptors (Lipinski definition) is 5. The molecule has 0 radical (unpaired) electrons. The lowest BCUT2D eigenvalue weighted by Gasteiger charge is -2.07. The van der Waals surface area contributed by atoms with Crippen molar-refractivity contribution >= 4 is 11.5 Å². The van der Waals surface area contributed by atoms with Crippen LogP contribution in [0.4, 0.5) is 0 Å². The summed E-state index contributed by atoms with van der Waals surface area (Å²) in [6.07, 6.45) is 6.07. The fourth-order valence-electron chi connectivity index (χ4n) is 1.21. The Morgan fingerprint density at radius 3 is 3.00 bits per heavy atom. The fraction of sp³-hybridized carbons (Fsp3) is 0.222. The van der Waals surface area contributed by atoms with Crippen molar-refractivity contribution in [1.82, 2.24) is 14.6 Å². The molecule has 1 unspecified atom stereocenters. The SMILES string of the molecule is NC(Cc1cccnc1)c1cnns1. The van der Waals surface area contributed by atoms with Crippen LogP contribution in [0.5, 0.6) is 0 Å². The van der Waals surface area contributed by atoms with Crippen LogP contribution in [0.25, 0.3) is 0 Å². The van der Waals surface area contributed by atoms with Crippen molar-refractivity contribution in [2.75, 3.05) is 0 Å². The Kier molecular flexibility index (Phi) is 2.81. The first-order chi connectivity index (χ1) is 6.86. The van der Waals surface area contributed by atoms with E-state index in [0.717, 1.165) is 16.9 Å². The number of nitrogens with two attached hydrogens (primary N) is 1. The molecule has 0 aromatic carbocycles. The second kappa shape index (κ2) is 4.26. The quantitative estimate of drug-likeness (QED) is 0.818. The molecule has 0 aliphatic carbocycles. The van der Waals surface area contributed by atoms with Gasteiger partial charge >= 0.3 is 0 Å². The van der Waals surface area contributed by atoms with Gasteiger partial charge in [-0.3, -0.25) is 4.98 Å². The molecule has 0 saturated carbocycles. The van der Waals surface area contributed by atoms with Gasteiger partial charge in [0, 0.05) is 18.4 Å². The summed E-state index contributed by atoms with van der Waals surface area (Å²) in [5.41, 5.74) is 7.11. The number of rotatable bonds is 3. The van der Waals surface area contributed by atoms with Crippen molar-refractivity contribution in [3.63, 3.8) is 0 Å². The van der Waals surface area contributed by atoms with Gasteiger partial charge in [-0.25, -0.2) is 0 Å². The van der Waals surface area contributed by atoms with Gasteiger partial charge in [0.25, 0.3) is 0 Å². The molecule has 2 heterocycles. The molecule has 2 rings (SSSR count). The highest BCUT2D eigenvalue weighted by atomic mass is 32.1. The Bertz CT molecular complexity index is 373. The average Bonchev–Trinajstić information content (AvgIpc) is 2.72. The Morgan fingerprint density at radius 1 is 1.43 bits per heavy atom. The van der Waals surface area contributed by atoms with E-state index in [9.17, 15) is 0 Å². The molecule has 0 saturated heterocycles. The molecule has 2 N–H and O–H groups in total. The van der Waals surface area contributed by atoms with Gasteiger partial charge in [0.15, 0.2) is 0 Å². The van der Waals surface area contributed by atoms with Crippen LogP contribution < -0.4 is 5.73 Å². The van der Waals surface area contributed by atoms with E-state index < -0.39 is 0 Å².